The summed E-state index contributed by atoms with van der Waals surface area (Å²) in [5, 5.41) is 12.4. The average Bonchev–Trinajstić information content (AvgIpc) is 2.27. The summed E-state index contributed by atoms with van der Waals surface area (Å²) in [5.74, 6) is -0.876. The average molecular weight is 218 g/mol. The van der Waals surface area contributed by atoms with Gasteiger partial charge >= 0.3 is 5.97 Å². The molecule has 1 aliphatic heterocycles. The van der Waals surface area contributed by atoms with Crippen LogP contribution in [0.15, 0.2) is 24.0 Å². The lowest BCUT2D eigenvalue weighted by Crippen LogP contribution is -2.41. The van der Waals surface area contributed by atoms with Gasteiger partial charge in [-0.15, -0.1) is 0 Å². The van der Waals surface area contributed by atoms with Gasteiger partial charge in [-0.2, -0.15) is 0 Å². The van der Waals surface area contributed by atoms with Gasteiger partial charge in [0.25, 0.3) is 0 Å². The molecule has 0 fully saturated rings. The van der Waals surface area contributed by atoms with Gasteiger partial charge < -0.3 is 10.4 Å². The predicted octanol–water partition coefficient (Wildman–Crippen LogP) is 2.14. The number of hydrogen-bond acceptors (Lipinski definition) is 3. The van der Waals surface area contributed by atoms with Gasteiger partial charge in [0.15, 0.2) is 0 Å². The summed E-state index contributed by atoms with van der Waals surface area (Å²) >= 11 is 0. The number of pyridine rings is 1. The Morgan fingerprint density at radius 2 is 2.38 bits per heavy atom. The Labute approximate surface area is 94.0 Å². The first-order valence-electron chi connectivity index (χ1n) is 5.24. The first kappa shape index (κ1) is 10.7. The molecule has 1 atom stereocenters. The minimum absolute atomic E-state index is 0.397. The maximum atomic E-state index is 11.2. The highest BCUT2D eigenvalue weighted by molar-refractivity contribution is 5.98. The molecule has 2 N–H and O–H groups in total. The summed E-state index contributed by atoms with van der Waals surface area (Å²) in [6.45, 7) is 3.86. The molecule has 4 nitrogen and oxygen atoms in total. The van der Waals surface area contributed by atoms with Crippen LogP contribution in [0.1, 0.15) is 25.8 Å². The second kappa shape index (κ2) is 3.63. The van der Waals surface area contributed by atoms with Crippen LogP contribution < -0.4 is 5.32 Å². The van der Waals surface area contributed by atoms with Gasteiger partial charge in [-0.25, -0.2) is 4.79 Å². The molecule has 2 rings (SSSR count). The van der Waals surface area contributed by atoms with E-state index in [0.29, 0.717) is 12.0 Å². The monoisotopic (exact) mass is 218 g/mol. The fourth-order valence-electron chi connectivity index (χ4n) is 1.89. The molecule has 1 aromatic heterocycles. The smallest absolute Gasteiger partial charge is 0.333 e. The van der Waals surface area contributed by atoms with Crippen molar-refractivity contribution in [2.24, 2.45) is 0 Å². The minimum atomic E-state index is -0.876. The van der Waals surface area contributed by atoms with Crippen molar-refractivity contribution in [3.8, 4) is 0 Å². The van der Waals surface area contributed by atoms with Gasteiger partial charge in [0.05, 0.1) is 23.0 Å². The molecule has 0 aliphatic carbocycles. The molecule has 0 amide bonds. The number of fused-ring (bicyclic) bond motifs is 1. The predicted molar refractivity (Wildman–Crippen MR) is 62.2 cm³/mol. The molecule has 84 valence electrons. The normalized spacial score (nSPS) is 23.0. The number of carbonyl (C=O) groups is 1. The summed E-state index contributed by atoms with van der Waals surface area (Å²) in [7, 11) is 0. The highest BCUT2D eigenvalue weighted by Gasteiger charge is 2.35. The summed E-state index contributed by atoms with van der Waals surface area (Å²) < 4.78 is 0. The molecule has 1 aliphatic rings. The Bertz CT molecular complexity index is 468. The second-order valence-electron chi connectivity index (χ2n) is 4.14. The quantitative estimate of drug-likeness (QED) is 0.798. The van der Waals surface area contributed by atoms with E-state index in [4.69, 9.17) is 0 Å². The lowest BCUT2D eigenvalue weighted by Gasteiger charge is -2.35. The number of aliphatic carboxylic acids is 1. The molecule has 0 saturated carbocycles. The van der Waals surface area contributed by atoms with Crippen molar-refractivity contribution in [3.05, 3.63) is 29.6 Å². The summed E-state index contributed by atoms with van der Waals surface area (Å²) in [4.78, 5) is 15.2. The number of nitrogens with one attached hydrogen (secondary N) is 1. The molecule has 1 unspecified atom stereocenters. The zero-order valence-corrected chi connectivity index (χ0v) is 9.32. The van der Waals surface area contributed by atoms with E-state index in [-0.39, 0.29) is 0 Å². The third-order valence-corrected chi connectivity index (χ3v) is 3.10. The van der Waals surface area contributed by atoms with Crippen molar-refractivity contribution >= 4 is 17.7 Å². The van der Waals surface area contributed by atoms with E-state index >= 15 is 0 Å². The second-order valence-corrected chi connectivity index (χ2v) is 4.14. The van der Waals surface area contributed by atoms with Crippen LogP contribution in [-0.4, -0.2) is 21.6 Å². The maximum Gasteiger partial charge on any atom is 0.333 e. The Balaban J connectivity index is 2.56. The molecule has 16 heavy (non-hydrogen) atoms. The Morgan fingerprint density at radius 3 is 3.00 bits per heavy atom. The largest absolute Gasteiger partial charge is 0.478 e. The number of rotatable bonds is 2. The number of aromatic nitrogens is 1. The summed E-state index contributed by atoms with van der Waals surface area (Å²) in [5.41, 5.74) is 1.63. The molecule has 2 heterocycles. The molecule has 4 heteroatoms. The van der Waals surface area contributed by atoms with E-state index in [1.807, 2.05) is 13.8 Å². The van der Waals surface area contributed by atoms with Gasteiger partial charge in [0.2, 0.25) is 0 Å². The molecular formula is C12H14N2O2. The van der Waals surface area contributed by atoms with Crippen molar-refractivity contribution < 1.29 is 9.90 Å². The molecule has 0 spiro atoms. The molecule has 0 radical (unpaired) electrons. The van der Waals surface area contributed by atoms with Gasteiger partial charge in [0, 0.05) is 11.8 Å². The van der Waals surface area contributed by atoms with Crippen LogP contribution in [0.5, 0.6) is 0 Å². The van der Waals surface area contributed by atoms with E-state index in [1.54, 1.807) is 24.5 Å². The molecule has 1 aromatic rings. The van der Waals surface area contributed by atoms with Gasteiger partial charge in [-0.1, -0.05) is 6.92 Å². The SMILES string of the molecule is CCC1(C)Nc2cnccc2C=C1C(=O)O. The molecule has 0 bridgehead atoms. The lowest BCUT2D eigenvalue weighted by atomic mass is 9.84. The van der Waals surface area contributed by atoms with Crippen LogP contribution in [-0.2, 0) is 4.79 Å². The zero-order chi connectivity index (χ0) is 11.8. The number of nitrogens with zero attached hydrogens (tertiary/aromatic N) is 1. The summed E-state index contributed by atoms with van der Waals surface area (Å²) in [6.07, 6.45) is 5.81. The van der Waals surface area contributed by atoms with Crippen LogP contribution in [0, 0.1) is 0 Å². The van der Waals surface area contributed by atoms with E-state index in [2.05, 4.69) is 10.3 Å². The third kappa shape index (κ3) is 1.56. The van der Waals surface area contributed by atoms with Crippen molar-refractivity contribution in [1.82, 2.24) is 4.98 Å². The van der Waals surface area contributed by atoms with Crippen LogP contribution in [0.25, 0.3) is 6.08 Å². The fraction of sp³-hybridized carbons (Fsp3) is 0.333. The Kier molecular flexibility index (Phi) is 2.42. The van der Waals surface area contributed by atoms with Crippen molar-refractivity contribution in [2.75, 3.05) is 5.32 Å². The highest BCUT2D eigenvalue weighted by atomic mass is 16.4. The molecule has 0 saturated heterocycles. The van der Waals surface area contributed by atoms with E-state index in [0.717, 1.165) is 11.3 Å². The zero-order valence-electron chi connectivity index (χ0n) is 9.32. The first-order valence-corrected chi connectivity index (χ1v) is 5.24. The Morgan fingerprint density at radius 1 is 1.62 bits per heavy atom. The van der Waals surface area contributed by atoms with E-state index < -0.39 is 11.5 Å². The van der Waals surface area contributed by atoms with Crippen molar-refractivity contribution in [1.29, 1.82) is 0 Å². The van der Waals surface area contributed by atoms with Crippen molar-refractivity contribution in [3.63, 3.8) is 0 Å². The van der Waals surface area contributed by atoms with Gasteiger partial charge in [-0.3, -0.25) is 4.98 Å². The fourth-order valence-corrected chi connectivity index (χ4v) is 1.89. The lowest BCUT2D eigenvalue weighted by molar-refractivity contribution is -0.133. The summed E-state index contributed by atoms with van der Waals surface area (Å²) in [6, 6.07) is 1.81. The first-order chi connectivity index (χ1) is 7.57. The maximum absolute atomic E-state index is 11.2. The topological polar surface area (TPSA) is 62.2 Å². The van der Waals surface area contributed by atoms with Crippen molar-refractivity contribution in [2.45, 2.75) is 25.8 Å². The number of anilines is 1. The third-order valence-electron chi connectivity index (χ3n) is 3.10. The van der Waals surface area contributed by atoms with E-state index in [1.165, 1.54) is 0 Å². The number of carboxylic acids is 1. The van der Waals surface area contributed by atoms with Crippen LogP contribution in [0.4, 0.5) is 5.69 Å². The standard InChI is InChI=1S/C12H14N2O2/c1-3-12(2)9(11(15)16)6-8-4-5-13-7-10(8)14-12/h4-7,14H,3H2,1-2H3,(H,15,16). The molecule has 0 aromatic carbocycles. The minimum Gasteiger partial charge on any atom is -0.478 e. The van der Waals surface area contributed by atoms with E-state index in [9.17, 15) is 9.90 Å². The van der Waals surface area contributed by atoms with Gasteiger partial charge in [-0.05, 0) is 25.5 Å². The number of carboxylic acid groups (broad SMARTS) is 1. The molecular weight excluding hydrogens is 204 g/mol. The highest BCUT2D eigenvalue weighted by Crippen LogP contribution is 2.34. The number of hydrogen-bond donors (Lipinski definition) is 2. The van der Waals surface area contributed by atoms with Crippen LogP contribution in [0.3, 0.4) is 0 Å². The Hall–Kier alpha value is -1.84. The van der Waals surface area contributed by atoms with Crippen LogP contribution in [0.2, 0.25) is 0 Å². The van der Waals surface area contributed by atoms with Gasteiger partial charge in [0.1, 0.15) is 0 Å². The van der Waals surface area contributed by atoms with Crippen LogP contribution >= 0.6 is 0 Å².